The highest BCUT2D eigenvalue weighted by Crippen LogP contribution is 2.25. The van der Waals surface area contributed by atoms with Gasteiger partial charge in [-0.1, -0.05) is 23.7 Å². The Kier molecular flexibility index (Phi) is 6.02. The Hall–Kier alpha value is -1.15. The van der Waals surface area contributed by atoms with Gasteiger partial charge in [-0.25, -0.2) is 8.42 Å². The average Bonchev–Trinajstić information content (AvgIpc) is 2.54. The SMILES string of the molecule is CCS(=O)(=O)N(C)CC(=O)N1CCNCC1c1cccc(Cl)c1. The summed E-state index contributed by atoms with van der Waals surface area (Å²) in [5.74, 6) is -0.216. The zero-order valence-corrected chi connectivity index (χ0v) is 14.9. The number of likely N-dealkylation sites (N-methyl/N-ethyl adjacent to an activating group) is 1. The van der Waals surface area contributed by atoms with Gasteiger partial charge in [0.1, 0.15) is 0 Å². The number of rotatable bonds is 5. The van der Waals surface area contributed by atoms with E-state index in [-0.39, 0.29) is 24.2 Å². The summed E-state index contributed by atoms with van der Waals surface area (Å²) < 4.78 is 24.8. The van der Waals surface area contributed by atoms with Crippen LogP contribution in [-0.2, 0) is 14.8 Å². The molecule has 128 valence electrons. The molecule has 1 aromatic carbocycles. The fourth-order valence-corrected chi connectivity index (χ4v) is 3.56. The lowest BCUT2D eigenvalue weighted by molar-refractivity contribution is -0.134. The van der Waals surface area contributed by atoms with Gasteiger partial charge in [-0.2, -0.15) is 4.31 Å². The molecule has 0 saturated carbocycles. The Labute approximate surface area is 142 Å². The second-order valence-corrected chi connectivity index (χ2v) is 8.32. The summed E-state index contributed by atoms with van der Waals surface area (Å²) in [4.78, 5) is 14.3. The van der Waals surface area contributed by atoms with Crippen molar-refractivity contribution in [2.45, 2.75) is 13.0 Å². The van der Waals surface area contributed by atoms with Crippen LogP contribution in [0.15, 0.2) is 24.3 Å². The third-order valence-electron chi connectivity index (χ3n) is 3.99. The number of carbonyl (C=O) groups excluding carboxylic acids is 1. The molecule has 1 N–H and O–H groups in total. The molecule has 1 aliphatic rings. The summed E-state index contributed by atoms with van der Waals surface area (Å²) in [6.07, 6.45) is 0. The number of amides is 1. The Morgan fingerprint density at radius 2 is 2.22 bits per heavy atom. The number of carbonyl (C=O) groups is 1. The molecule has 1 saturated heterocycles. The zero-order valence-electron chi connectivity index (χ0n) is 13.3. The first-order chi connectivity index (χ1) is 10.8. The average molecular weight is 360 g/mol. The van der Waals surface area contributed by atoms with Gasteiger partial charge in [-0.05, 0) is 24.6 Å². The van der Waals surface area contributed by atoms with Crippen molar-refractivity contribution >= 4 is 27.5 Å². The molecule has 0 bridgehead atoms. The van der Waals surface area contributed by atoms with Crippen molar-refractivity contribution in [3.05, 3.63) is 34.9 Å². The number of nitrogens with one attached hydrogen (secondary N) is 1. The molecule has 1 fully saturated rings. The molecule has 8 heteroatoms. The smallest absolute Gasteiger partial charge is 0.238 e. The molecular formula is C15H22ClN3O3S. The highest BCUT2D eigenvalue weighted by Gasteiger charge is 2.30. The van der Waals surface area contributed by atoms with E-state index in [1.807, 2.05) is 18.2 Å². The number of sulfonamides is 1. The quantitative estimate of drug-likeness (QED) is 0.854. The van der Waals surface area contributed by atoms with Crippen LogP contribution in [0.2, 0.25) is 5.02 Å². The van der Waals surface area contributed by atoms with Gasteiger partial charge < -0.3 is 10.2 Å². The maximum absolute atomic E-state index is 12.6. The van der Waals surface area contributed by atoms with Crippen LogP contribution in [0.1, 0.15) is 18.5 Å². The van der Waals surface area contributed by atoms with Crippen LogP contribution in [0.4, 0.5) is 0 Å². The van der Waals surface area contributed by atoms with Crippen molar-refractivity contribution in [1.82, 2.24) is 14.5 Å². The highest BCUT2D eigenvalue weighted by atomic mass is 35.5. The van der Waals surface area contributed by atoms with Crippen molar-refractivity contribution in [2.24, 2.45) is 0 Å². The number of piperazine rings is 1. The van der Waals surface area contributed by atoms with Gasteiger partial charge in [0.2, 0.25) is 15.9 Å². The predicted octanol–water partition coefficient (Wildman–Crippen LogP) is 1.09. The third-order valence-corrected chi connectivity index (χ3v) is 6.04. The molecule has 2 rings (SSSR count). The van der Waals surface area contributed by atoms with Gasteiger partial charge in [-0.15, -0.1) is 0 Å². The maximum Gasteiger partial charge on any atom is 0.238 e. The van der Waals surface area contributed by atoms with Gasteiger partial charge in [0.25, 0.3) is 0 Å². The van der Waals surface area contributed by atoms with Gasteiger partial charge in [0, 0.05) is 31.7 Å². The van der Waals surface area contributed by atoms with E-state index in [0.29, 0.717) is 24.7 Å². The zero-order chi connectivity index (χ0) is 17.0. The number of nitrogens with zero attached hydrogens (tertiary/aromatic N) is 2. The van der Waals surface area contributed by atoms with E-state index in [2.05, 4.69) is 5.32 Å². The summed E-state index contributed by atoms with van der Waals surface area (Å²) in [7, 11) is -1.93. The van der Waals surface area contributed by atoms with E-state index in [9.17, 15) is 13.2 Å². The van der Waals surface area contributed by atoms with Crippen LogP contribution < -0.4 is 5.32 Å². The molecule has 0 radical (unpaired) electrons. The predicted molar refractivity (Wildman–Crippen MR) is 90.9 cm³/mol. The second kappa shape index (κ2) is 7.61. The molecule has 1 atom stereocenters. The van der Waals surface area contributed by atoms with Crippen LogP contribution >= 0.6 is 11.6 Å². The topological polar surface area (TPSA) is 69.7 Å². The van der Waals surface area contributed by atoms with E-state index >= 15 is 0 Å². The number of hydrogen-bond acceptors (Lipinski definition) is 4. The second-order valence-electron chi connectivity index (χ2n) is 5.52. The third kappa shape index (κ3) is 4.44. The van der Waals surface area contributed by atoms with Gasteiger partial charge in [0.15, 0.2) is 0 Å². The van der Waals surface area contributed by atoms with Crippen LogP contribution in [0, 0.1) is 0 Å². The minimum absolute atomic E-state index is 0.0178. The fraction of sp³-hybridized carbons (Fsp3) is 0.533. The molecule has 0 spiro atoms. The van der Waals surface area contributed by atoms with E-state index in [4.69, 9.17) is 11.6 Å². The van der Waals surface area contributed by atoms with Crippen molar-refractivity contribution in [1.29, 1.82) is 0 Å². The molecule has 1 unspecified atom stereocenters. The number of hydrogen-bond donors (Lipinski definition) is 1. The monoisotopic (exact) mass is 359 g/mol. The number of halogens is 1. The first kappa shape index (κ1) is 18.2. The maximum atomic E-state index is 12.6. The van der Waals surface area contributed by atoms with Crippen LogP contribution in [-0.4, -0.2) is 62.5 Å². The summed E-state index contributed by atoms with van der Waals surface area (Å²) >= 11 is 6.04. The van der Waals surface area contributed by atoms with Crippen molar-refractivity contribution in [2.75, 3.05) is 39.0 Å². The minimum atomic E-state index is -3.37. The van der Waals surface area contributed by atoms with E-state index in [0.717, 1.165) is 9.87 Å². The Bertz CT molecular complexity index is 666. The molecule has 6 nitrogen and oxygen atoms in total. The molecule has 0 aromatic heterocycles. The molecule has 1 amide bonds. The van der Waals surface area contributed by atoms with Crippen molar-refractivity contribution < 1.29 is 13.2 Å². The molecule has 1 heterocycles. The lowest BCUT2D eigenvalue weighted by Gasteiger charge is -2.37. The van der Waals surface area contributed by atoms with Crippen LogP contribution in [0.3, 0.4) is 0 Å². The summed E-state index contributed by atoms with van der Waals surface area (Å²) in [5.41, 5.74) is 0.944. The summed E-state index contributed by atoms with van der Waals surface area (Å²) in [6.45, 7) is 3.27. The lowest BCUT2D eigenvalue weighted by atomic mass is 10.0. The Morgan fingerprint density at radius 1 is 1.48 bits per heavy atom. The molecule has 0 aliphatic carbocycles. The normalized spacial score (nSPS) is 19.1. The molecule has 1 aromatic rings. The van der Waals surface area contributed by atoms with E-state index < -0.39 is 10.0 Å². The van der Waals surface area contributed by atoms with E-state index in [1.54, 1.807) is 17.9 Å². The van der Waals surface area contributed by atoms with E-state index in [1.165, 1.54) is 7.05 Å². The van der Waals surface area contributed by atoms with Gasteiger partial charge in [0.05, 0.1) is 18.3 Å². The van der Waals surface area contributed by atoms with Gasteiger partial charge in [-0.3, -0.25) is 4.79 Å². The lowest BCUT2D eigenvalue weighted by Crippen LogP contribution is -2.51. The van der Waals surface area contributed by atoms with Crippen molar-refractivity contribution in [3.63, 3.8) is 0 Å². The minimum Gasteiger partial charge on any atom is -0.332 e. The first-order valence-corrected chi connectivity index (χ1v) is 9.53. The fourth-order valence-electron chi connectivity index (χ4n) is 2.61. The first-order valence-electron chi connectivity index (χ1n) is 7.55. The van der Waals surface area contributed by atoms with Gasteiger partial charge >= 0.3 is 0 Å². The van der Waals surface area contributed by atoms with Crippen LogP contribution in [0.5, 0.6) is 0 Å². The van der Waals surface area contributed by atoms with Crippen molar-refractivity contribution in [3.8, 4) is 0 Å². The Morgan fingerprint density at radius 3 is 2.87 bits per heavy atom. The van der Waals surface area contributed by atoms with Crippen LogP contribution in [0.25, 0.3) is 0 Å². The summed E-state index contributed by atoms with van der Waals surface area (Å²) in [5, 5.41) is 3.88. The molecule has 23 heavy (non-hydrogen) atoms. The molecule has 1 aliphatic heterocycles. The standard InChI is InChI=1S/C15H22ClN3O3S/c1-3-23(21,22)18(2)11-15(20)19-8-7-17-10-14(19)12-5-4-6-13(16)9-12/h4-6,9,14,17H,3,7-8,10-11H2,1-2H3. The Balaban J connectivity index is 2.16. The summed E-state index contributed by atoms with van der Waals surface area (Å²) in [6, 6.07) is 7.26. The largest absolute Gasteiger partial charge is 0.332 e. The highest BCUT2D eigenvalue weighted by molar-refractivity contribution is 7.89. The molecular weight excluding hydrogens is 338 g/mol. The number of benzene rings is 1.